The van der Waals surface area contributed by atoms with E-state index in [0.717, 1.165) is 28.8 Å². The molecular formula is C37H39ClF3N3O4S. The van der Waals surface area contributed by atoms with E-state index in [1.165, 1.54) is 17.0 Å². The molecule has 0 bridgehead atoms. The predicted molar refractivity (Wildman–Crippen MR) is 186 cm³/mol. The summed E-state index contributed by atoms with van der Waals surface area (Å²) in [5.74, 6) is -1.13. The summed E-state index contributed by atoms with van der Waals surface area (Å²) >= 11 is 5.89. The van der Waals surface area contributed by atoms with Gasteiger partial charge in [0.25, 0.3) is 10.0 Å². The minimum atomic E-state index is -4.90. The van der Waals surface area contributed by atoms with E-state index in [1.54, 1.807) is 43.3 Å². The number of carbonyl (C=O) groups excluding carboxylic acids is 2. The van der Waals surface area contributed by atoms with Crippen molar-refractivity contribution >= 4 is 39.1 Å². The first-order valence-corrected chi connectivity index (χ1v) is 17.5. The van der Waals surface area contributed by atoms with Crippen LogP contribution in [0, 0.1) is 19.8 Å². The molecule has 0 fully saturated rings. The van der Waals surface area contributed by atoms with Gasteiger partial charge in [-0.15, -0.1) is 0 Å². The Labute approximate surface area is 290 Å². The number of carbonyl (C=O) groups is 2. The first-order chi connectivity index (χ1) is 23.1. The molecule has 2 amide bonds. The maximum absolute atomic E-state index is 14.6. The van der Waals surface area contributed by atoms with Gasteiger partial charge in [-0.05, 0) is 66.8 Å². The van der Waals surface area contributed by atoms with Gasteiger partial charge in [0.2, 0.25) is 11.8 Å². The van der Waals surface area contributed by atoms with Crippen LogP contribution in [0.25, 0.3) is 0 Å². The Morgan fingerprint density at radius 2 is 1.51 bits per heavy atom. The van der Waals surface area contributed by atoms with Gasteiger partial charge < -0.3 is 10.2 Å². The molecule has 1 atom stereocenters. The minimum Gasteiger partial charge on any atom is -0.354 e. The fraction of sp³-hybridized carbons (Fsp3) is 0.297. The van der Waals surface area contributed by atoms with Crippen molar-refractivity contribution in [2.75, 3.05) is 17.4 Å². The fourth-order valence-corrected chi connectivity index (χ4v) is 6.83. The van der Waals surface area contributed by atoms with Crippen molar-refractivity contribution in [1.82, 2.24) is 10.2 Å². The first-order valence-electron chi connectivity index (χ1n) is 15.7. The predicted octanol–water partition coefficient (Wildman–Crippen LogP) is 7.58. The zero-order valence-corrected chi connectivity index (χ0v) is 29.2. The Hall–Kier alpha value is -4.35. The molecule has 0 aliphatic heterocycles. The van der Waals surface area contributed by atoms with E-state index < -0.39 is 56.9 Å². The molecule has 260 valence electrons. The molecule has 0 heterocycles. The smallest absolute Gasteiger partial charge is 0.354 e. The number of amides is 2. The monoisotopic (exact) mass is 713 g/mol. The molecule has 4 rings (SSSR count). The van der Waals surface area contributed by atoms with Gasteiger partial charge in [0.1, 0.15) is 12.6 Å². The average Bonchev–Trinajstić information content (AvgIpc) is 3.05. The van der Waals surface area contributed by atoms with Gasteiger partial charge in [-0.2, -0.15) is 13.2 Å². The first kappa shape index (κ1) is 37.5. The van der Waals surface area contributed by atoms with Crippen LogP contribution in [0.2, 0.25) is 5.02 Å². The highest BCUT2D eigenvalue weighted by Crippen LogP contribution is 2.38. The number of nitrogens with zero attached hydrogens (tertiary/aromatic N) is 2. The Bertz CT molecular complexity index is 1870. The van der Waals surface area contributed by atoms with Crippen LogP contribution < -0.4 is 9.62 Å². The number of rotatable bonds is 13. The van der Waals surface area contributed by atoms with E-state index in [2.05, 4.69) is 5.32 Å². The average molecular weight is 714 g/mol. The molecule has 4 aromatic carbocycles. The highest BCUT2D eigenvalue weighted by atomic mass is 35.5. The second-order valence-corrected chi connectivity index (χ2v) is 14.5. The zero-order chi connectivity index (χ0) is 35.9. The molecule has 0 aliphatic carbocycles. The third-order valence-corrected chi connectivity index (χ3v) is 10.1. The van der Waals surface area contributed by atoms with Crippen LogP contribution in [0.15, 0.2) is 102 Å². The van der Waals surface area contributed by atoms with Gasteiger partial charge in [0.15, 0.2) is 0 Å². The zero-order valence-electron chi connectivity index (χ0n) is 27.7. The van der Waals surface area contributed by atoms with Crippen LogP contribution in [0.5, 0.6) is 0 Å². The Morgan fingerprint density at radius 3 is 2.12 bits per heavy atom. The van der Waals surface area contributed by atoms with Gasteiger partial charge in [0, 0.05) is 19.5 Å². The summed E-state index contributed by atoms with van der Waals surface area (Å²) in [7, 11) is -4.61. The number of anilines is 1. The molecule has 49 heavy (non-hydrogen) atoms. The van der Waals surface area contributed by atoms with Crippen molar-refractivity contribution in [1.29, 1.82) is 0 Å². The highest BCUT2D eigenvalue weighted by Gasteiger charge is 2.37. The van der Waals surface area contributed by atoms with Crippen LogP contribution >= 0.6 is 11.6 Å². The third-order valence-electron chi connectivity index (χ3n) is 7.99. The Kier molecular flexibility index (Phi) is 12.2. The number of hydrogen-bond acceptors (Lipinski definition) is 4. The van der Waals surface area contributed by atoms with E-state index in [1.807, 2.05) is 51.1 Å². The molecule has 1 unspecified atom stereocenters. The van der Waals surface area contributed by atoms with E-state index in [9.17, 15) is 31.2 Å². The molecule has 0 saturated carbocycles. The number of alkyl halides is 3. The van der Waals surface area contributed by atoms with Crippen molar-refractivity contribution in [3.63, 3.8) is 0 Å². The lowest BCUT2D eigenvalue weighted by Gasteiger charge is -2.34. The lowest BCUT2D eigenvalue weighted by atomic mass is 10.0. The molecule has 0 aliphatic rings. The summed E-state index contributed by atoms with van der Waals surface area (Å²) in [6.45, 7) is 6.83. The van der Waals surface area contributed by atoms with Crippen LogP contribution in [-0.4, -0.2) is 44.3 Å². The number of nitrogens with one attached hydrogen (secondary N) is 1. The number of sulfonamides is 1. The van der Waals surface area contributed by atoms with E-state index in [4.69, 9.17) is 11.6 Å². The quantitative estimate of drug-likeness (QED) is 0.155. The van der Waals surface area contributed by atoms with Crippen LogP contribution in [-0.2, 0) is 38.8 Å². The topological polar surface area (TPSA) is 86.8 Å². The van der Waals surface area contributed by atoms with Crippen molar-refractivity contribution in [3.05, 3.63) is 130 Å². The maximum atomic E-state index is 14.6. The molecule has 0 radical (unpaired) electrons. The standard InChI is InChI=1S/C37H39ClF3N3O4S/c1-25(2)22-42-36(46)34(20-28-11-6-5-7-12-28)43(23-29-13-9-8-10-27(29)4)35(45)24-44(49(47,48)31-17-14-26(3)15-18-31)30-16-19-33(38)32(21-30)37(39,40)41/h5-19,21,25,34H,20,22-24H2,1-4H3,(H,42,46). The van der Waals surface area contributed by atoms with Crippen molar-refractivity contribution < 1.29 is 31.2 Å². The summed E-state index contributed by atoms with van der Waals surface area (Å²) < 4.78 is 71.0. The lowest BCUT2D eigenvalue weighted by molar-refractivity contribution is -0.140. The molecule has 4 aromatic rings. The summed E-state index contributed by atoms with van der Waals surface area (Å²) in [4.78, 5) is 29.6. The second-order valence-electron chi connectivity index (χ2n) is 12.3. The van der Waals surface area contributed by atoms with Gasteiger partial charge in [-0.25, -0.2) is 8.42 Å². The fourth-order valence-electron chi connectivity index (χ4n) is 5.20. The summed E-state index contributed by atoms with van der Waals surface area (Å²) in [6, 6.07) is 23.7. The molecule has 12 heteroatoms. The van der Waals surface area contributed by atoms with Gasteiger partial charge >= 0.3 is 6.18 Å². The molecule has 0 spiro atoms. The lowest BCUT2D eigenvalue weighted by Crippen LogP contribution is -2.53. The Balaban J connectivity index is 1.87. The van der Waals surface area contributed by atoms with Gasteiger partial charge in [0.05, 0.1) is 21.2 Å². The normalized spacial score (nSPS) is 12.4. The minimum absolute atomic E-state index is 0.0645. The van der Waals surface area contributed by atoms with Crippen molar-refractivity contribution in [2.45, 2.75) is 57.8 Å². The van der Waals surface area contributed by atoms with Crippen molar-refractivity contribution in [2.24, 2.45) is 5.92 Å². The molecule has 1 N–H and O–H groups in total. The third kappa shape index (κ3) is 9.64. The van der Waals surface area contributed by atoms with E-state index >= 15 is 0 Å². The number of aryl methyl sites for hydroxylation is 2. The van der Waals surface area contributed by atoms with Gasteiger partial charge in [-0.3, -0.25) is 13.9 Å². The summed E-state index contributed by atoms with van der Waals surface area (Å²) in [5.41, 5.74) is 1.39. The molecular weight excluding hydrogens is 675 g/mol. The number of benzene rings is 4. The Morgan fingerprint density at radius 1 is 0.878 bits per heavy atom. The summed E-state index contributed by atoms with van der Waals surface area (Å²) in [6.07, 6.45) is -4.80. The SMILES string of the molecule is Cc1ccc(S(=O)(=O)N(CC(=O)N(Cc2ccccc2C)C(Cc2ccccc2)C(=O)NCC(C)C)c2ccc(Cl)c(C(F)(F)F)c2)cc1. The van der Waals surface area contributed by atoms with Crippen LogP contribution in [0.1, 0.15) is 41.7 Å². The second kappa shape index (κ2) is 15.9. The van der Waals surface area contributed by atoms with Crippen molar-refractivity contribution in [3.8, 4) is 0 Å². The number of halogens is 4. The van der Waals surface area contributed by atoms with E-state index in [0.29, 0.717) is 22.5 Å². The van der Waals surface area contributed by atoms with Crippen LogP contribution in [0.4, 0.5) is 18.9 Å². The highest BCUT2D eigenvalue weighted by molar-refractivity contribution is 7.92. The number of hydrogen-bond donors (Lipinski definition) is 1. The molecule has 0 saturated heterocycles. The largest absolute Gasteiger partial charge is 0.417 e. The van der Waals surface area contributed by atoms with Crippen LogP contribution in [0.3, 0.4) is 0 Å². The van der Waals surface area contributed by atoms with E-state index in [-0.39, 0.29) is 23.8 Å². The maximum Gasteiger partial charge on any atom is 0.417 e. The molecule has 7 nitrogen and oxygen atoms in total. The molecule has 0 aromatic heterocycles. The summed E-state index contributed by atoms with van der Waals surface area (Å²) in [5, 5.41) is 2.29. The van der Waals surface area contributed by atoms with Gasteiger partial charge in [-0.1, -0.05) is 97.7 Å².